The lowest BCUT2D eigenvalue weighted by Gasteiger charge is -2.19. The van der Waals surface area contributed by atoms with Gasteiger partial charge in [-0.1, -0.05) is 13.3 Å². The molecule has 6 heteroatoms. The Bertz CT molecular complexity index is 543. The minimum Gasteiger partial charge on any atom is -0.385 e. The van der Waals surface area contributed by atoms with Gasteiger partial charge in [-0.15, -0.1) is 0 Å². The quantitative estimate of drug-likeness (QED) is 0.716. The van der Waals surface area contributed by atoms with Gasteiger partial charge in [0.25, 0.3) is 0 Å². The van der Waals surface area contributed by atoms with Crippen LogP contribution >= 0.6 is 0 Å². The summed E-state index contributed by atoms with van der Waals surface area (Å²) in [7, 11) is -3.36. The van der Waals surface area contributed by atoms with Crippen LogP contribution in [-0.4, -0.2) is 28.1 Å². The van der Waals surface area contributed by atoms with Crippen molar-refractivity contribution >= 4 is 15.7 Å². The molecule has 0 spiro atoms. The maximum atomic E-state index is 11.8. The van der Waals surface area contributed by atoms with Crippen LogP contribution in [0.25, 0.3) is 0 Å². The Balaban J connectivity index is 1.94. The normalized spacial score (nSPS) is 22.4. The molecule has 1 aliphatic rings. The number of nitrogens with two attached hydrogens (primary N) is 1. The molecule has 1 aliphatic carbocycles. The standard InChI is InChI=1S/C15H25N3O2S/c1-2-18-21(19,20)15-8-6-14(7-9-15)17-11-13-5-3-4-12(13)10-16/h6-9,12-13,17-18H,2-5,10-11,16H2,1H3. The Morgan fingerprint density at radius 2 is 1.86 bits per heavy atom. The Kier molecular flexibility index (Phi) is 5.61. The van der Waals surface area contributed by atoms with E-state index in [-0.39, 0.29) is 0 Å². The minimum atomic E-state index is -3.36. The van der Waals surface area contributed by atoms with Crippen molar-refractivity contribution in [3.8, 4) is 0 Å². The van der Waals surface area contributed by atoms with Crippen LogP contribution in [0, 0.1) is 11.8 Å². The zero-order valence-electron chi connectivity index (χ0n) is 12.5. The third kappa shape index (κ3) is 4.18. The number of rotatable bonds is 7. The van der Waals surface area contributed by atoms with Gasteiger partial charge in [0, 0.05) is 18.8 Å². The van der Waals surface area contributed by atoms with E-state index < -0.39 is 10.0 Å². The third-order valence-electron chi connectivity index (χ3n) is 4.19. The molecule has 0 radical (unpaired) electrons. The summed E-state index contributed by atoms with van der Waals surface area (Å²) < 4.78 is 26.2. The second-order valence-electron chi connectivity index (χ2n) is 5.59. The van der Waals surface area contributed by atoms with Crippen molar-refractivity contribution in [3.63, 3.8) is 0 Å². The number of sulfonamides is 1. The summed E-state index contributed by atoms with van der Waals surface area (Å²) in [6.07, 6.45) is 3.71. The van der Waals surface area contributed by atoms with E-state index >= 15 is 0 Å². The van der Waals surface area contributed by atoms with E-state index in [0.29, 0.717) is 23.3 Å². The Hall–Kier alpha value is -1.11. The molecule has 4 N–H and O–H groups in total. The van der Waals surface area contributed by atoms with Crippen LogP contribution in [0.4, 0.5) is 5.69 Å². The lowest BCUT2D eigenvalue weighted by Crippen LogP contribution is -2.24. The molecule has 5 nitrogen and oxygen atoms in total. The number of hydrogen-bond donors (Lipinski definition) is 3. The zero-order valence-corrected chi connectivity index (χ0v) is 13.3. The van der Waals surface area contributed by atoms with Gasteiger partial charge in [0.15, 0.2) is 0 Å². The largest absolute Gasteiger partial charge is 0.385 e. The average molecular weight is 311 g/mol. The first kappa shape index (κ1) is 16.3. The van der Waals surface area contributed by atoms with E-state index in [2.05, 4.69) is 10.0 Å². The number of benzene rings is 1. The first-order valence-electron chi connectivity index (χ1n) is 7.60. The molecule has 2 unspecified atom stereocenters. The highest BCUT2D eigenvalue weighted by atomic mass is 32.2. The van der Waals surface area contributed by atoms with Gasteiger partial charge in [-0.05, 0) is 55.5 Å². The summed E-state index contributed by atoms with van der Waals surface area (Å²) >= 11 is 0. The minimum absolute atomic E-state index is 0.301. The fourth-order valence-electron chi connectivity index (χ4n) is 2.97. The van der Waals surface area contributed by atoms with Crippen molar-refractivity contribution in [2.45, 2.75) is 31.1 Å². The van der Waals surface area contributed by atoms with Gasteiger partial charge in [-0.25, -0.2) is 13.1 Å². The van der Waals surface area contributed by atoms with Gasteiger partial charge >= 0.3 is 0 Å². The molecule has 1 fully saturated rings. The molecule has 0 bridgehead atoms. The molecule has 0 heterocycles. The van der Waals surface area contributed by atoms with Crippen LogP contribution in [0.1, 0.15) is 26.2 Å². The van der Waals surface area contributed by atoms with Crippen molar-refractivity contribution < 1.29 is 8.42 Å². The molecule has 2 rings (SSSR count). The molecule has 118 valence electrons. The summed E-state index contributed by atoms with van der Waals surface area (Å²) in [4.78, 5) is 0.301. The maximum absolute atomic E-state index is 11.8. The number of hydrogen-bond acceptors (Lipinski definition) is 4. The molecule has 1 aromatic carbocycles. The molecule has 1 saturated carbocycles. The highest BCUT2D eigenvalue weighted by Crippen LogP contribution is 2.31. The van der Waals surface area contributed by atoms with Crippen LogP contribution in [0.5, 0.6) is 0 Å². The number of nitrogens with one attached hydrogen (secondary N) is 2. The van der Waals surface area contributed by atoms with Gasteiger partial charge in [-0.3, -0.25) is 0 Å². The van der Waals surface area contributed by atoms with Gasteiger partial charge in [0.2, 0.25) is 10.0 Å². The van der Waals surface area contributed by atoms with E-state index in [1.54, 1.807) is 19.1 Å². The first-order chi connectivity index (χ1) is 10.1. The second-order valence-corrected chi connectivity index (χ2v) is 7.36. The highest BCUT2D eigenvalue weighted by Gasteiger charge is 2.25. The summed E-state index contributed by atoms with van der Waals surface area (Å²) in [5.41, 5.74) is 6.74. The maximum Gasteiger partial charge on any atom is 0.240 e. The topological polar surface area (TPSA) is 84.2 Å². The van der Waals surface area contributed by atoms with Crippen molar-refractivity contribution in [1.29, 1.82) is 0 Å². The third-order valence-corrected chi connectivity index (χ3v) is 5.75. The molecular formula is C15H25N3O2S. The zero-order chi connectivity index (χ0) is 15.3. The smallest absolute Gasteiger partial charge is 0.240 e. The van der Waals surface area contributed by atoms with Gasteiger partial charge in [0.1, 0.15) is 0 Å². The summed E-state index contributed by atoms with van der Waals surface area (Å²) in [5.74, 6) is 1.24. The van der Waals surface area contributed by atoms with Gasteiger partial charge in [-0.2, -0.15) is 0 Å². The van der Waals surface area contributed by atoms with Crippen LogP contribution in [0.15, 0.2) is 29.2 Å². The second kappa shape index (κ2) is 7.24. The Morgan fingerprint density at radius 3 is 2.48 bits per heavy atom. The van der Waals surface area contributed by atoms with Crippen molar-refractivity contribution in [2.75, 3.05) is 25.0 Å². The van der Waals surface area contributed by atoms with Crippen LogP contribution in [0.3, 0.4) is 0 Å². The van der Waals surface area contributed by atoms with E-state index in [1.807, 2.05) is 12.1 Å². The van der Waals surface area contributed by atoms with Crippen molar-refractivity contribution in [3.05, 3.63) is 24.3 Å². The van der Waals surface area contributed by atoms with Crippen molar-refractivity contribution in [2.24, 2.45) is 17.6 Å². The molecule has 2 atom stereocenters. The number of anilines is 1. The lowest BCUT2D eigenvalue weighted by molar-refractivity contribution is 0.414. The average Bonchev–Trinajstić information content (AvgIpc) is 2.93. The van der Waals surface area contributed by atoms with E-state index in [1.165, 1.54) is 19.3 Å². The molecule has 0 saturated heterocycles. The van der Waals surface area contributed by atoms with Gasteiger partial charge in [0.05, 0.1) is 4.90 Å². The predicted octanol–water partition coefficient (Wildman–Crippen LogP) is 1.77. The monoisotopic (exact) mass is 311 g/mol. The molecular weight excluding hydrogens is 286 g/mol. The molecule has 0 aliphatic heterocycles. The summed E-state index contributed by atoms with van der Waals surface area (Å²) in [5, 5.41) is 3.39. The van der Waals surface area contributed by atoms with Crippen LogP contribution < -0.4 is 15.8 Å². The van der Waals surface area contributed by atoms with E-state index in [9.17, 15) is 8.42 Å². The van der Waals surface area contributed by atoms with E-state index in [4.69, 9.17) is 5.73 Å². The molecule has 0 aromatic heterocycles. The van der Waals surface area contributed by atoms with Crippen LogP contribution in [-0.2, 0) is 10.0 Å². The predicted molar refractivity (Wildman–Crippen MR) is 85.7 cm³/mol. The van der Waals surface area contributed by atoms with Gasteiger partial charge < -0.3 is 11.1 Å². The lowest BCUT2D eigenvalue weighted by atomic mass is 9.96. The highest BCUT2D eigenvalue weighted by molar-refractivity contribution is 7.89. The Labute approximate surface area is 127 Å². The fourth-order valence-corrected chi connectivity index (χ4v) is 4.01. The molecule has 21 heavy (non-hydrogen) atoms. The fraction of sp³-hybridized carbons (Fsp3) is 0.600. The first-order valence-corrected chi connectivity index (χ1v) is 9.08. The molecule has 0 amide bonds. The summed E-state index contributed by atoms with van der Waals surface area (Å²) in [6.45, 7) is 3.82. The Morgan fingerprint density at radius 1 is 1.19 bits per heavy atom. The van der Waals surface area contributed by atoms with Crippen LogP contribution in [0.2, 0.25) is 0 Å². The molecule has 1 aromatic rings. The SMILES string of the molecule is CCNS(=O)(=O)c1ccc(NCC2CCCC2CN)cc1. The van der Waals surface area contributed by atoms with Crippen molar-refractivity contribution in [1.82, 2.24) is 4.72 Å². The summed E-state index contributed by atoms with van der Waals surface area (Å²) in [6, 6.07) is 6.90. The van der Waals surface area contributed by atoms with E-state index in [0.717, 1.165) is 18.8 Å².